The summed E-state index contributed by atoms with van der Waals surface area (Å²) in [5.74, 6) is 0.0271. The molecule has 0 saturated carbocycles. The Morgan fingerprint density at radius 1 is 1.04 bits per heavy atom. The van der Waals surface area contributed by atoms with E-state index in [2.05, 4.69) is 5.32 Å². The van der Waals surface area contributed by atoms with Crippen LogP contribution in [-0.4, -0.2) is 5.91 Å². The van der Waals surface area contributed by atoms with Crippen molar-refractivity contribution in [1.82, 2.24) is 0 Å². The van der Waals surface area contributed by atoms with E-state index in [1.165, 1.54) is 18.2 Å². The molecular weight excluding hydrogens is 319 g/mol. The van der Waals surface area contributed by atoms with Crippen molar-refractivity contribution in [3.63, 3.8) is 0 Å². The molecule has 3 aromatic rings. The third kappa shape index (κ3) is 4.01. The topological polar surface area (TPSA) is 66.0 Å². The standard InChI is InChI=1S/C20H13FN2O2/c21-16-8-6-14(7-9-16)19-11-10-18(25-19)12-15(13-22)20(24)23-17-4-2-1-3-5-17/h1-12H,(H,23,24)/b15-12+. The van der Waals surface area contributed by atoms with Gasteiger partial charge in [-0.15, -0.1) is 0 Å². The van der Waals surface area contributed by atoms with E-state index in [1.54, 1.807) is 48.5 Å². The number of nitrogens with zero attached hydrogens (tertiary/aromatic N) is 1. The zero-order valence-corrected chi connectivity index (χ0v) is 13.1. The Balaban J connectivity index is 1.80. The van der Waals surface area contributed by atoms with Crippen LogP contribution in [0.4, 0.5) is 10.1 Å². The summed E-state index contributed by atoms with van der Waals surface area (Å²) < 4.78 is 18.6. The van der Waals surface area contributed by atoms with Gasteiger partial charge in [0, 0.05) is 17.3 Å². The maximum absolute atomic E-state index is 13.0. The van der Waals surface area contributed by atoms with Gasteiger partial charge in [-0.1, -0.05) is 18.2 Å². The van der Waals surface area contributed by atoms with Gasteiger partial charge in [0.25, 0.3) is 5.91 Å². The van der Waals surface area contributed by atoms with Gasteiger partial charge in [-0.3, -0.25) is 4.79 Å². The minimum Gasteiger partial charge on any atom is -0.457 e. The van der Waals surface area contributed by atoms with Gasteiger partial charge in [0.15, 0.2) is 0 Å². The van der Waals surface area contributed by atoms with Crippen LogP contribution in [0.15, 0.2) is 76.7 Å². The molecule has 0 saturated heterocycles. The number of hydrogen-bond acceptors (Lipinski definition) is 3. The third-order valence-electron chi connectivity index (χ3n) is 3.44. The first-order valence-electron chi connectivity index (χ1n) is 7.50. The first kappa shape index (κ1) is 16.2. The molecule has 0 atom stereocenters. The fraction of sp³-hybridized carbons (Fsp3) is 0. The van der Waals surface area contributed by atoms with E-state index >= 15 is 0 Å². The van der Waals surface area contributed by atoms with Crippen LogP contribution in [0.2, 0.25) is 0 Å². The molecule has 0 unspecified atom stereocenters. The molecule has 0 aliphatic rings. The van der Waals surface area contributed by atoms with E-state index in [4.69, 9.17) is 4.42 Å². The molecule has 1 amide bonds. The summed E-state index contributed by atoms with van der Waals surface area (Å²) in [4.78, 5) is 12.2. The Hall–Kier alpha value is -3.65. The van der Waals surface area contributed by atoms with Crippen LogP contribution in [-0.2, 0) is 4.79 Å². The zero-order chi connectivity index (χ0) is 17.6. The SMILES string of the molecule is N#C/C(=C\c1ccc(-c2ccc(F)cc2)o1)C(=O)Nc1ccccc1. The number of hydrogen-bond donors (Lipinski definition) is 1. The molecule has 4 nitrogen and oxygen atoms in total. The summed E-state index contributed by atoms with van der Waals surface area (Å²) in [6.07, 6.45) is 1.37. The highest BCUT2D eigenvalue weighted by atomic mass is 19.1. The van der Waals surface area contributed by atoms with E-state index in [1.807, 2.05) is 12.1 Å². The van der Waals surface area contributed by atoms with Crippen molar-refractivity contribution in [1.29, 1.82) is 5.26 Å². The number of rotatable bonds is 4. The van der Waals surface area contributed by atoms with Gasteiger partial charge < -0.3 is 9.73 Å². The lowest BCUT2D eigenvalue weighted by atomic mass is 10.2. The fourth-order valence-electron chi connectivity index (χ4n) is 2.21. The van der Waals surface area contributed by atoms with Crippen molar-refractivity contribution in [2.75, 3.05) is 5.32 Å². The average molecular weight is 332 g/mol. The van der Waals surface area contributed by atoms with Crippen molar-refractivity contribution >= 4 is 17.7 Å². The van der Waals surface area contributed by atoms with Gasteiger partial charge in [0.2, 0.25) is 0 Å². The summed E-state index contributed by atoms with van der Waals surface area (Å²) in [6, 6.07) is 19.9. The fourth-order valence-corrected chi connectivity index (χ4v) is 2.21. The molecule has 1 heterocycles. The normalized spacial score (nSPS) is 11.0. The second kappa shape index (κ2) is 7.28. The average Bonchev–Trinajstić information content (AvgIpc) is 3.09. The van der Waals surface area contributed by atoms with E-state index < -0.39 is 5.91 Å². The Morgan fingerprint density at radius 3 is 2.44 bits per heavy atom. The lowest BCUT2D eigenvalue weighted by Crippen LogP contribution is -2.13. The van der Waals surface area contributed by atoms with E-state index in [-0.39, 0.29) is 11.4 Å². The Morgan fingerprint density at radius 2 is 1.76 bits per heavy atom. The summed E-state index contributed by atoms with van der Waals surface area (Å²) >= 11 is 0. The Bertz CT molecular complexity index is 951. The predicted octanol–water partition coefficient (Wildman–Crippen LogP) is 4.63. The van der Waals surface area contributed by atoms with Gasteiger partial charge in [-0.05, 0) is 48.5 Å². The second-order valence-corrected chi connectivity index (χ2v) is 5.20. The highest BCUT2D eigenvalue weighted by molar-refractivity contribution is 6.09. The number of amides is 1. The molecule has 0 spiro atoms. The number of nitrogens with one attached hydrogen (secondary N) is 1. The van der Waals surface area contributed by atoms with E-state index in [9.17, 15) is 14.4 Å². The minimum atomic E-state index is -0.520. The van der Waals surface area contributed by atoms with Crippen molar-refractivity contribution in [2.45, 2.75) is 0 Å². The lowest BCUT2D eigenvalue weighted by molar-refractivity contribution is -0.112. The largest absolute Gasteiger partial charge is 0.457 e. The van der Waals surface area contributed by atoms with Crippen LogP contribution < -0.4 is 5.32 Å². The van der Waals surface area contributed by atoms with Crippen LogP contribution in [0.5, 0.6) is 0 Å². The predicted molar refractivity (Wildman–Crippen MR) is 92.8 cm³/mol. The molecule has 5 heteroatoms. The van der Waals surface area contributed by atoms with Crippen molar-refractivity contribution in [2.24, 2.45) is 0 Å². The van der Waals surface area contributed by atoms with Gasteiger partial charge in [-0.25, -0.2) is 4.39 Å². The van der Waals surface area contributed by atoms with Crippen molar-refractivity contribution in [3.05, 3.63) is 83.9 Å². The van der Waals surface area contributed by atoms with Gasteiger partial charge >= 0.3 is 0 Å². The summed E-state index contributed by atoms with van der Waals surface area (Å²) in [5.41, 5.74) is 1.22. The van der Waals surface area contributed by atoms with Crippen molar-refractivity contribution in [3.8, 4) is 17.4 Å². The molecular formula is C20H13FN2O2. The van der Waals surface area contributed by atoms with Crippen molar-refractivity contribution < 1.29 is 13.6 Å². The number of benzene rings is 2. The van der Waals surface area contributed by atoms with Gasteiger partial charge in [-0.2, -0.15) is 5.26 Å². The van der Waals surface area contributed by atoms with E-state index in [0.29, 0.717) is 22.8 Å². The Labute approximate surface area is 143 Å². The van der Waals surface area contributed by atoms with Crippen LogP contribution in [0.25, 0.3) is 17.4 Å². The van der Waals surface area contributed by atoms with Crippen LogP contribution in [0.1, 0.15) is 5.76 Å². The number of anilines is 1. The van der Waals surface area contributed by atoms with E-state index in [0.717, 1.165) is 0 Å². The molecule has 1 aromatic heterocycles. The molecule has 0 aliphatic carbocycles. The number of furan rings is 1. The smallest absolute Gasteiger partial charge is 0.266 e. The molecule has 25 heavy (non-hydrogen) atoms. The summed E-state index contributed by atoms with van der Waals surface area (Å²) in [6.45, 7) is 0. The number of para-hydroxylation sites is 1. The number of halogens is 1. The molecule has 3 rings (SSSR count). The maximum atomic E-state index is 13.0. The summed E-state index contributed by atoms with van der Waals surface area (Å²) in [7, 11) is 0. The molecule has 0 radical (unpaired) electrons. The van der Waals surface area contributed by atoms with Crippen LogP contribution in [0, 0.1) is 17.1 Å². The lowest BCUT2D eigenvalue weighted by Gasteiger charge is -2.03. The molecule has 1 N–H and O–H groups in total. The minimum absolute atomic E-state index is 0.0798. The van der Waals surface area contributed by atoms with Gasteiger partial charge in [0.05, 0.1) is 0 Å². The summed E-state index contributed by atoms with van der Waals surface area (Å²) in [5, 5.41) is 11.9. The molecule has 0 fully saturated rings. The highest BCUT2D eigenvalue weighted by Gasteiger charge is 2.11. The van der Waals surface area contributed by atoms with Gasteiger partial charge in [0.1, 0.15) is 29.0 Å². The first-order valence-corrected chi connectivity index (χ1v) is 7.50. The molecule has 122 valence electrons. The van der Waals surface area contributed by atoms with Crippen LogP contribution >= 0.6 is 0 Å². The first-order chi connectivity index (χ1) is 12.2. The molecule has 2 aromatic carbocycles. The highest BCUT2D eigenvalue weighted by Crippen LogP contribution is 2.23. The third-order valence-corrected chi connectivity index (χ3v) is 3.44. The number of carbonyl (C=O) groups is 1. The quantitative estimate of drug-likeness (QED) is 0.559. The number of carbonyl (C=O) groups excluding carboxylic acids is 1. The second-order valence-electron chi connectivity index (χ2n) is 5.20. The Kier molecular flexibility index (Phi) is 4.72. The zero-order valence-electron chi connectivity index (χ0n) is 13.1. The molecule has 0 bridgehead atoms. The monoisotopic (exact) mass is 332 g/mol. The number of nitriles is 1. The van der Waals surface area contributed by atoms with Crippen LogP contribution in [0.3, 0.4) is 0 Å². The molecule has 0 aliphatic heterocycles. The maximum Gasteiger partial charge on any atom is 0.266 e.